The molecule has 4 rings (SSSR count). The number of fused-ring (bicyclic) bond motifs is 1. The van der Waals surface area contributed by atoms with E-state index >= 15 is 0 Å². The molecular weight excluding hydrogens is 367 g/mol. The molecule has 29 heavy (non-hydrogen) atoms. The monoisotopic (exact) mass is 392 g/mol. The van der Waals surface area contributed by atoms with Crippen LogP contribution in [-0.4, -0.2) is 22.3 Å². The van der Waals surface area contributed by atoms with E-state index in [4.69, 9.17) is 0 Å². The van der Waals surface area contributed by atoms with E-state index in [1.165, 1.54) is 6.07 Å². The number of halogens is 1. The average molecular weight is 392 g/mol. The minimum atomic E-state index is -0.285. The molecule has 0 bridgehead atoms. The number of piperidine rings is 1. The third-order valence-electron chi connectivity index (χ3n) is 5.73. The fourth-order valence-electron chi connectivity index (χ4n) is 4.30. The van der Waals surface area contributed by atoms with Crippen molar-refractivity contribution in [2.24, 2.45) is 5.92 Å². The molecule has 5 heteroatoms. The summed E-state index contributed by atoms with van der Waals surface area (Å²) < 4.78 is 14.2. The molecule has 0 radical (unpaired) electrons. The van der Waals surface area contributed by atoms with Crippen LogP contribution in [0.5, 0.6) is 0 Å². The van der Waals surface area contributed by atoms with Crippen LogP contribution in [0.1, 0.15) is 44.7 Å². The van der Waals surface area contributed by atoms with Gasteiger partial charge in [0, 0.05) is 29.6 Å². The van der Waals surface area contributed by atoms with Crippen molar-refractivity contribution in [3.8, 4) is 11.3 Å². The first-order valence-corrected chi connectivity index (χ1v) is 10.2. The number of aromatic nitrogens is 1. The van der Waals surface area contributed by atoms with Gasteiger partial charge in [-0.25, -0.2) is 4.39 Å². The van der Waals surface area contributed by atoms with Gasteiger partial charge >= 0.3 is 0 Å². The molecule has 1 amide bonds. The van der Waals surface area contributed by atoms with Gasteiger partial charge in [-0.05, 0) is 54.0 Å². The second kappa shape index (κ2) is 7.82. The number of carbonyl (C=O) groups is 1. The van der Waals surface area contributed by atoms with Crippen LogP contribution in [-0.2, 0) is 4.79 Å². The Morgan fingerprint density at radius 3 is 2.59 bits per heavy atom. The molecule has 2 heterocycles. The van der Waals surface area contributed by atoms with Crippen LogP contribution >= 0.6 is 0 Å². The van der Waals surface area contributed by atoms with Crippen molar-refractivity contribution >= 4 is 16.7 Å². The Kier molecular flexibility index (Phi) is 5.22. The van der Waals surface area contributed by atoms with Gasteiger partial charge in [0.05, 0.1) is 6.04 Å². The van der Waals surface area contributed by atoms with Gasteiger partial charge in [-0.3, -0.25) is 9.59 Å². The van der Waals surface area contributed by atoms with Crippen LogP contribution in [0.2, 0.25) is 0 Å². The van der Waals surface area contributed by atoms with Gasteiger partial charge in [0.25, 0.3) is 5.56 Å². The maximum Gasteiger partial charge on any atom is 0.253 e. The number of rotatable bonds is 4. The molecule has 1 N–H and O–H groups in total. The number of benzene rings is 2. The fraction of sp³-hybridized carbons (Fsp3) is 0.333. The molecular formula is C24H25FN2O2. The lowest BCUT2D eigenvalue weighted by molar-refractivity contribution is -0.137. The van der Waals surface area contributed by atoms with Crippen LogP contribution in [0.4, 0.5) is 4.39 Å². The number of H-pyrrole nitrogens is 1. The quantitative estimate of drug-likeness (QED) is 0.676. The summed E-state index contributed by atoms with van der Waals surface area (Å²) in [6, 6.07) is 13.9. The summed E-state index contributed by atoms with van der Waals surface area (Å²) in [5.74, 6) is -0.0472. The molecule has 4 nitrogen and oxygen atoms in total. The lowest BCUT2D eigenvalue weighted by Gasteiger charge is -2.37. The molecule has 1 atom stereocenters. The first kappa shape index (κ1) is 19.4. The first-order chi connectivity index (χ1) is 14.0. The van der Waals surface area contributed by atoms with Gasteiger partial charge in [-0.15, -0.1) is 0 Å². The van der Waals surface area contributed by atoms with Gasteiger partial charge in [-0.2, -0.15) is 0 Å². The molecule has 0 aliphatic carbocycles. The lowest BCUT2D eigenvalue weighted by Crippen LogP contribution is -2.42. The molecule has 1 saturated heterocycles. The SMILES string of the molecule is CC(C)C(c1ccc(-c2ccc3cccc(F)c3c2)[nH]c1=O)N1CCCCC1=O. The Hall–Kier alpha value is -2.95. The summed E-state index contributed by atoms with van der Waals surface area (Å²) in [5, 5.41) is 1.34. The van der Waals surface area contributed by atoms with Crippen LogP contribution < -0.4 is 5.56 Å². The number of amides is 1. The van der Waals surface area contributed by atoms with E-state index in [0.717, 1.165) is 23.8 Å². The second-order valence-corrected chi connectivity index (χ2v) is 8.07. The van der Waals surface area contributed by atoms with Crippen LogP contribution in [0.3, 0.4) is 0 Å². The highest BCUT2D eigenvalue weighted by molar-refractivity contribution is 5.87. The molecule has 0 saturated carbocycles. The number of nitrogens with zero attached hydrogens (tertiary/aromatic N) is 1. The predicted octanol–water partition coefficient (Wildman–Crippen LogP) is 5.04. The van der Waals surface area contributed by atoms with Crippen LogP contribution in [0, 0.1) is 11.7 Å². The number of carbonyl (C=O) groups excluding carboxylic acids is 1. The van der Waals surface area contributed by atoms with E-state index in [9.17, 15) is 14.0 Å². The van der Waals surface area contributed by atoms with Crippen molar-refractivity contribution in [3.05, 3.63) is 70.3 Å². The highest BCUT2D eigenvalue weighted by Gasteiger charge is 2.31. The van der Waals surface area contributed by atoms with E-state index in [-0.39, 0.29) is 29.2 Å². The maximum absolute atomic E-state index is 14.2. The Bertz CT molecular complexity index is 1120. The predicted molar refractivity (Wildman–Crippen MR) is 113 cm³/mol. The Labute approximate surface area is 169 Å². The lowest BCUT2D eigenvalue weighted by atomic mass is 9.92. The third kappa shape index (κ3) is 3.69. The number of aromatic amines is 1. The molecule has 1 aliphatic rings. The van der Waals surface area contributed by atoms with Gasteiger partial charge in [-0.1, -0.05) is 38.1 Å². The molecule has 1 fully saturated rings. The fourth-order valence-corrected chi connectivity index (χ4v) is 4.30. The smallest absolute Gasteiger partial charge is 0.253 e. The number of hydrogen-bond acceptors (Lipinski definition) is 2. The van der Waals surface area contributed by atoms with Gasteiger partial charge in [0.15, 0.2) is 0 Å². The molecule has 1 aromatic heterocycles. The van der Waals surface area contributed by atoms with E-state index in [2.05, 4.69) is 4.98 Å². The number of nitrogens with one attached hydrogen (secondary N) is 1. The van der Waals surface area contributed by atoms with Crippen LogP contribution in [0.25, 0.3) is 22.0 Å². The molecule has 1 aliphatic heterocycles. The molecule has 3 aromatic rings. The summed E-state index contributed by atoms with van der Waals surface area (Å²) in [4.78, 5) is 30.2. The standard InChI is InChI=1S/C24H25FN2O2/c1-15(2)23(27-13-4-3-8-22(27)28)18-11-12-21(26-24(18)29)17-10-9-16-6-5-7-20(25)19(16)14-17/h5-7,9-12,14-15,23H,3-4,8,13H2,1-2H3,(H,26,29). The molecule has 2 aromatic carbocycles. The van der Waals surface area contributed by atoms with Crippen molar-refractivity contribution in [3.63, 3.8) is 0 Å². The third-order valence-corrected chi connectivity index (χ3v) is 5.73. The maximum atomic E-state index is 14.2. The summed E-state index contributed by atoms with van der Waals surface area (Å²) in [6.07, 6.45) is 2.42. The van der Waals surface area contributed by atoms with Crippen molar-refractivity contribution in [1.29, 1.82) is 0 Å². The zero-order valence-corrected chi connectivity index (χ0v) is 16.7. The van der Waals surface area contributed by atoms with E-state index < -0.39 is 0 Å². The van der Waals surface area contributed by atoms with Crippen LogP contribution in [0.15, 0.2) is 53.3 Å². The first-order valence-electron chi connectivity index (χ1n) is 10.2. The zero-order chi connectivity index (χ0) is 20.5. The Balaban J connectivity index is 1.73. The Morgan fingerprint density at radius 1 is 1.03 bits per heavy atom. The second-order valence-electron chi connectivity index (χ2n) is 8.07. The number of hydrogen-bond donors (Lipinski definition) is 1. The van der Waals surface area contributed by atoms with Gasteiger partial charge in [0.2, 0.25) is 5.91 Å². The minimum absolute atomic E-state index is 0.114. The highest BCUT2D eigenvalue weighted by Crippen LogP contribution is 2.31. The topological polar surface area (TPSA) is 53.2 Å². The highest BCUT2D eigenvalue weighted by atomic mass is 19.1. The molecule has 150 valence electrons. The van der Waals surface area contributed by atoms with Gasteiger partial charge in [0.1, 0.15) is 5.82 Å². The normalized spacial score (nSPS) is 15.9. The van der Waals surface area contributed by atoms with Crippen molar-refractivity contribution in [1.82, 2.24) is 9.88 Å². The summed E-state index contributed by atoms with van der Waals surface area (Å²) >= 11 is 0. The average Bonchev–Trinajstić information content (AvgIpc) is 2.70. The van der Waals surface area contributed by atoms with E-state index in [1.54, 1.807) is 12.1 Å². The largest absolute Gasteiger partial charge is 0.335 e. The Morgan fingerprint density at radius 2 is 1.86 bits per heavy atom. The van der Waals surface area contributed by atoms with Gasteiger partial charge < -0.3 is 9.88 Å². The van der Waals surface area contributed by atoms with Crippen molar-refractivity contribution < 1.29 is 9.18 Å². The van der Waals surface area contributed by atoms with E-state index in [1.807, 2.05) is 49.1 Å². The summed E-state index contributed by atoms with van der Waals surface area (Å²) in [6.45, 7) is 4.75. The number of likely N-dealkylation sites (tertiary alicyclic amines) is 1. The number of pyridine rings is 1. The van der Waals surface area contributed by atoms with Crippen molar-refractivity contribution in [2.45, 2.75) is 39.2 Å². The van der Waals surface area contributed by atoms with E-state index in [0.29, 0.717) is 29.6 Å². The summed E-state index contributed by atoms with van der Waals surface area (Å²) in [5.41, 5.74) is 1.79. The van der Waals surface area contributed by atoms with Crippen molar-refractivity contribution in [2.75, 3.05) is 6.54 Å². The molecule has 0 spiro atoms. The minimum Gasteiger partial charge on any atom is -0.335 e. The summed E-state index contributed by atoms with van der Waals surface area (Å²) in [7, 11) is 0. The zero-order valence-electron chi connectivity index (χ0n) is 16.7. The molecule has 1 unspecified atom stereocenters.